The second-order valence-electron chi connectivity index (χ2n) is 5.63. The highest BCUT2D eigenvalue weighted by molar-refractivity contribution is 5.93. The molecule has 2 N–H and O–H groups in total. The van der Waals surface area contributed by atoms with Crippen LogP contribution < -0.4 is 5.32 Å². The molecule has 106 valence electrons. The average molecular weight is 272 g/mol. The van der Waals surface area contributed by atoms with E-state index in [4.69, 9.17) is 0 Å². The monoisotopic (exact) mass is 272 g/mol. The molecule has 1 aromatic rings. The van der Waals surface area contributed by atoms with Crippen LogP contribution in [0.15, 0.2) is 18.2 Å². The van der Waals surface area contributed by atoms with Crippen LogP contribution in [0.25, 0.3) is 0 Å². The second-order valence-corrected chi connectivity index (χ2v) is 5.63. The minimum Gasteiger partial charge on any atom is -0.478 e. The second kappa shape index (κ2) is 5.65. The summed E-state index contributed by atoms with van der Waals surface area (Å²) in [5.41, 5.74) is 2.51. The Morgan fingerprint density at radius 2 is 2.15 bits per heavy atom. The third-order valence-corrected chi connectivity index (χ3v) is 4.14. The molecule has 0 aromatic carbocycles. The van der Waals surface area contributed by atoms with Crippen molar-refractivity contribution in [2.75, 3.05) is 5.32 Å². The van der Waals surface area contributed by atoms with E-state index in [1.807, 2.05) is 6.07 Å². The average Bonchev–Trinajstić information content (AvgIpc) is 2.47. The summed E-state index contributed by atoms with van der Waals surface area (Å²) in [7, 11) is 0. The van der Waals surface area contributed by atoms with E-state index in [1.54, 1.807) is 0 Å². The number of hydrogen-bond donors (Lipinski definition) is 2. The predicted molar refractivity (Wildman–Crippen MR) is 78.2 cm³/mol. The molecule has 0 bridgehead atoms. The number of nitrogens with zero attached hydrogens (tertiary/aromatic N) is 1. The molecule has 1 heterocycles. The molecule has 1 unspecified atom stereocenters. The fraction of sp³-hybridized carbons (Fsp3) is 0.500. The van der Waals surface area contributed by atoms with Gasteiger partial charge in [0.2, 0.25) is 0 Å². The van der Waals surface area contributed by atoms with Gasteiger partial charge in [0.25, 0.3) is 0 Å². The number of fused-ring (bicyclic) bond motifs is 1. The van der Waals surface area contributed by atoms with Crippen LogP contribution in [-0.2, 0) is 12.8 Å². The van der Waals surface area contributed by atoms with E-state index >= 15 is 0 Å². The number of carboxylic acids is 1. The Labute approximate surface area is 118 Å². The molecule has 0 radical (unpaired) electrons. The first-order chi connectivity index (χ1) is 9.74. The van der Waals surface area contributed by atoms with Crippen LogP contribution in [0.1, 0.15) is 53.7 Å². The number of aryl methyl sites for hydroxylation is 2. The number of anilines is 1. The number of pyridine rings is 1. The van der Waals surface area contributed by atoms with E-state index in [2.05, 4.69) is 22.5 Å². The van der Waals surface area contributed by atoms with Gasteiger partial charge in [-0.15, -0.1) is 0 Å². The quantitative estimate of drug-likeness (QED) is 0.830. The van der Waals surface area contributed by atoms with Crippen LogP contribution in [-0.4, -0.2) is 22.1 Å². The maximum absolute atomic E-state index is 11.5. The number of allylic oxidation sites excluding steroid dienone is 1. The molecule has 2 aliphatic rings. The maximum atomic E-state index is 11.5. The normalized spacial score (nSPS) is 21.3. The van der Waals surface area contributed by atoms with Gasteiger partial charge >= 0.3 is 5.97 Å². The van der Waals surface area contributed by atoms with Crippen molar-refractivity contribution < 1.29 is 9.90 Å². The van der Waals surface area contributed by atoms with Crippen LogP contribution in [0.4, 0.5) is 5.82 Å². The van der Waals surface area contributed by atoms with Gasteiger partial charge in [0.1, 0.15) is 11.4 Å². The molecule has 4 heteroatoms. The number of aromatic carboxylic acids is 1. The van der Waals surface area contributed by atoms with Gasteiger partial charge in [-0.05, 0) is 56.6 Å². The van der Waals surface area contributed by atoms with Crippen LogP contribution in [0.2, 0.25) is 0 Å². The van der Waals surface area contributed by atoms with Crippen molar-refractivity contribution >= 4 is 11.8 Å². The molecule has 1 aromatic heterocycles. The molecule has 0 spiro atoms. The first-order valence-electron chi connectivity index (χ1n) is 7.41. The lowest BCUT2D eigenvalue weighted by Gasteiger charge is -2.23. The SMILES string of the molecule is O=C(O)c1cc2c(nc1NC1CC=CCC1)CCCC2. The minimum absolute atomic E-state index is 0.298. The number of carbonyl (C=O) groups is 1. The minimum atomic E-state index is -0.889. The van der Waals surface area contributed by atoms with E-state index in [0.29, 0.717) is 17.4 Å². The van der Waals surface area contributed by atoms with Crippen molar-refractivity contribution in [2.24, 2.45) is 0 Å². The Morgan fingerprint density at radius 1 is 1.30 bits per heavy atom. The molecule has 2 aliphatic carbocycles. The van der Waals surface area contributed by atoms with Gasteiger partial charge in [0.15, 0.2) is 0 Å². The van der Waals surface area contributed by atoms with E-state index in [1.165, 1.54) is 0 Å². The van der Waals surface area contributed by atoms with Crippen LogP contribution in [0, 0.1) is 0 Å². The standard InChI is InChI=1S/C16H20N2O2/c19-16(20)13-10-11-6-4-5-9-14(11)18-15(13)17-12-7-2-1-3-8-12/h1-2,10,12H,3-9H2,(H,17,18)(H,19,20). The van der Waals surface area contributed by atoms with E-state index in [-0.39, 0.29) is 0 Å². The Balaban J connectivity index is 1.90. The summed E-state index contributed by atoms with van der Waals surface area (Å²) in [4.78, 5) is 16.1. The number of nitrogens with one attached hydrogen (secondary N) is 1. The zero-order chi connectivity index (χ0) is 13.9. The fourth-order valence-electron chi connectivity index (χ4n) is 3.02. The van der Waals surface area contributed by atoms with Gasteiger partial charge in [-0.25, -0.2) is 9.78 Å². The summed E-state index contributed by atoms with van der Waals surface area (Å²) in [6, 6.07) is 2.12. The Bertz CT molecular complexity index is 552. The zero-order valence-electron chi connectivity index (χ0n) is 11.6. The molecule has 0 saturated heterocycles. The summed E-state index contributed by atoms with van der Waals surface area (Å²) in [6.07, 6.45) is 11.6. The molecule has 0 amide bonds. The molecule has 20 heavy (non-hydrogen) atoms. The topological polar surface area (TPSA) is 62.2 Å². The van der Waals surface area contributed by atoms with Crippen molar-refractivity contribution in [3.8, 4) is 0 Å². The van der Waals surface area contributed by atoms with Gasteiger partial charge in [0.05, 0.1) is 0 Å². The lowest BCUT2D eigenvalue weighted by atomic mass is 9.94. The molecule has 0 saturated carbocycles. The molecular formula is C16H20N2O2. The van der Waals surface area contributed by atoms with E-state index in [0.717, 1.165) is 56.2 Å². The maximum Gasteiger partial charge on any atom is 0.339 e. The fourth-order valence-corrected chi connectivity index (χ4v) is 3.02. The highest BCUT2D eigenvalue weighted by Crippen LogP contribution is 2.26. The summed E-state index contributed by atoms with van der Waals surface area (Å²) < 4.78 is 0. The first kappa shape index (κ1) is 13.2. The molecule has 1 atom stereocenters. The highest BCUT2D eigenvalue weighted by Gasteiger charge is 2.20. The van der Waals surface area contributed by atoms with Gasteiger partial charge in [-0.3, -0.25) is 0 Å². The Kier molecular flexibility index (Phi) is 3.72. The number of hydrogen-bond acceptors (Lipinski definition) is 3. The third-order valence-electron chi connectivity index (χ3n) is 4.14. The highest BCUT2D eigenvalue weighted by atomic mass is 16.4. The van der Waals surface area contributed by atoms with Crippen LogP contribution in [0.3, 0.4) is 0 Å². The number of aromatic nitrogens is 1. The van der Waals surface area contributed by atoms with Gasteiger partial charge < -0.3 is 10.4 Å². The van der Waals surface area contributed by atoms with Gasteiger partial charge in [-0.1, -0.05) is 12.2 Å². The Hall–Kier alpha value is -1.84. The van der Waals surface area contributed by atoms with Crippen molar-refractivity contribution in [1.29, 1.82) is 0 Å². The number of rotatable bonds is 3. The molecule has 3 rings (SSSR count). The van der Waals surface area contributed by atoms with Crippen LogP contribution in [0.5, 0.6) is 0 Å². The van der Waals surface area contributed by atoms with Crippen molar-refractivity contribution in [2.45, 2.75) is 51.0 Å². The van der Waals surface area contributed by atoms with Crippen molar-refractivity contribution in [3.63, 3.8) is 0 Å². The van der Waals surface area contributed by atoms with E-state index < -0.39 is 5.97 Å². The molecule has 4 nitrogen and oxygen atoms in total. The van der Waals surface area contributed by atoms with Gasteiger partial charge in [0, 0.05) is 11.7 Å². The lowest BCUT2D eigenvalue weighted by molar-refractivity contribution is 0.0697. The van der Waals surface area contributed by atoms with Crippen molar-refractivity contribution in [1.82, 2.24) is 4.98 Å². The van der Waals surface area contributed by atoms with Gasteiger partial charge in [-0.2, -0.15) is 0 Å². The number of carboxylic acid groups (broad SMARTS) is 1. The Morgan fingerprint density at radius 3 is 2.90 bits per heavy atom. The zero-order valence-corrected chi connectivity index (χ0v) is 11.6. The smallest absolute Gasteiger partial charge is 0.339 e. The summed E-state index contributed by atoms with van der Waals surface area (Å²) in [5, 5.41) is 12.7. The largest absolute Gasteiger partial charge is 0.478 e. The van der Waals surface area contributed by atoms with E-state index in [9.17, 15) is 9.90 Å². The molecular weight excluding hydrogens is 252 g/mol. The predicted octanol–water partition coefficient (Wildman–Crippen LogP) is 3.18. The summed E-state index contributed by atoms with van der Waals surface area (Å²) in [5.74, 6) is -0.335. The summed E-state index contributed by atoms with van der Waals surface area (Å²) in [6.45, 7) is 0. The van der Waals surface area contributed by atoms with Crippen molar-refractivity contribution in [3.05, 3.63) is 35.0 Å². The van der Waals surface area contributed by atoms with Crippen LogP contribution >= 0.6 is 0 Å². The third kappa shape index (κ3) is 2.69. The molecule has 0 aliphatic heterocycles. The molecule has 0 fully saturated rings. The lowest BCUT2D eigenvalue weighted by Crippen LogP contribution is -2.23. The summed E-state index contributed by atoms with van der Waals surface area (Å²) >= 11 is 0. The first-order valence-corrected chi connectivity index (χ1v) is 7.41.